The lowest BCUT2D eigenvalue weighted by molar-refractivity contribution is -0.140. The van der Waals surface area contributed by atoms with E-state index in [-0.39, 0.29) is 17.3 Å². The van der Waals surface area contributed by atoms with Crippen LogP contribution >= 0.6 is 11.8 Å². The Kier molecular flexibility index (Phi) is 3.34. The summed E-state index contributed by atoms with van der Waals surface area (Å²) in [4.78, 5) is 12.6. The van der Waals surface area contributed by atoms with Crippen molar-refractivity contribution in [3.63, 3.8) is 0 Å². The molecule has 0 saturated carbocycles. The highest BCUT2D eigenvalue weighted by molar-refractivity contribution is 8.00. The Balaban J connectivity index is 2.03. The number of thioether (sulfide) groups is 1. The summed E-state index contributed by atoms with van der Waals surface area (Å²) in [5, 5.41) is -0.0513. The number of ether oxygens (including phenoxy) is 1. The number of cyclic esters (lactones) is 1. The number of carbonyl (C=O) groups excluding carboxylic acids is 1. The Morgan fingerprint density at radius 2 is 2.12 bits per heavy atom. The summed E-state index contributed by atoms with van der Waals surface area (Å²) < 4.78 is 5.11. The molecule has 0 bridgehead atoms. The third kappa shape index (κ3) is 2.47. The standard InChI is InChI=1S/C13H14O2S/c1-3-10-4-6-11(7-5-10)16-12-8-9(2)15-13(12)14/h3-7,9,12H,1,8H2,2H3. The van der Waals surface area contributed by atoms with Crippen LogP contribution in [0.3, 0.4) is 0 Å². The summed E-state index contributed by atoms with van der Waals surface area (Å²) >= 11 is 1.57. The average molecular weight is 234 g/mol. The quantitative estimate of drug-likeness (QED) is 0.752. The molecule has 16 heavy (non-hydrogen) atoms. The Bertz CT molecular complexity index is 397. The molecule has 1 aromatic carbocycles. The van der Waals surface area contributed by atoms with Gasteiger partial charge in [-0.1, -0.05) is 24.8 Å². The zero-order valence-electron chi connectivity index (χ0n) is 9.18. The minimum absolute atomic E-state index is 0.0513. The van der Waals surface area contributed by atoms with Crippen molar-refractivity contribution in [3.8, 4) is 0 Å². The molecular formula is C13H14O2S. The highest BCUT2D eigenvalue weighted by Crippen LogP contribution is 2.32. The average Bonchev–Trinajstić information content (AvgIpc) is 2.59. The second kappa shape index (κ2) is 4.74. The molecule has 84 valence electrons. The molecule has 3 heteroatoms. The maximum absolute atomic E-state index is 11.5. The summed E-state index contributed by atoms with van der Waals surface area (Å²) in [6.07, 6.45) is 2.66. The van der Waals surface area contributed by atoms with E-state index in [2.05, 4.69) is 6.58 Å². The van der Waals surface area contributed by atoms with Crippen LogP contribution < -0.4 is 0 Å². The van der Waals surface area contributed by atoms with E-state index < -0.39 is 0 Å². The predicted octanol–water partition coefficient (Wildman–Crippen LogP) is 3.13. The Hall–Kier alpha value is -1.22. The molecule has 1 fully saturated rings. The summed E-state index contributed by atoms with van der Waals surface area (Å²) in [5.41, 5.74) is 1.09. The van der Waals surface area contributed by atoms with Crippen molar-refractivity contribution in [1.29, 1.82) is 0 Å². The van der Waals surface area contributed by atoms with Crippen LogP contribution in [0.15, 0.2) is 35.7 Å². The van der Waals surface area contributed by atoms with E-state index in [4.69, 9.17) is 4.74 Å². The molecule has 2 rings (SSSR count). The van der Waals surface area contributed by atoms with Crippen molar-refractivity contribution in [3.05, 3.63) is 36.4 Å². The maximum atomic E-state index is 11.5. The van der Waals surface area contributed by atoms with Gasteiger partial charge in [0.1, 0.15) is 11.4 Å². The summed E-state index contributed by atoms with van der Waals surface area (Å²) in [6, 6.07) is 8.02. The topological polar surface area (TPSA) is 26.3 Å². The third-order valence-corrected chi connectivity index (χ3v) is 3.73. The van der Waals surface area contributed by atoms with Crippen LogP contribution in [0.2, 0.25) is 0 Å². The normalized spacial score (nSPS) is 24.2. The van der Waals surface area contributed by atoms with E-state index in [0.717, 1.165) is 16.9 Å². The second-order valence-corrected chi connectivity index (χ2v) is 5.14. The first-order valence-electron chi connectivity index (χ1n) is 5.28. The van der Waals surface area contributed by atoms with Gasteiger partial charge in [0, 0.05) is 11.3 Å². The van der Waals surface area contributed by atoms with Crippen molar-refractivity contribution >= 4 is 23.8 Å². The van der Waals surface area contributed by atoms with Crippen molar-refractivity contribution in [2.75, 3.05) is 0 Å². The fraction of sp³-hybridized carbons (Fsp3) is 0.308. The molecule has 2 atom stereocenters. The molecule has 0 aliphatic carbocycles. The van der Waals surface area contributed by atoms with Gasteiger partial charge in [0.2, 0.25) is 0 Å². The van der Waals surface area contributed by atoms with E-state index in [1.807, 2.05) is 31.2 Å². The highest BCUT2D eigenvalue weighted by atomic mass is 32.2. The third-order valence-electron chi connectivity index (χ3n) is 2.52. The molecule has 1 aliphatic heterocycles. The molecule has 0 N–H and O–H groups in total. The zero-order chi connectivity index (χ0) is 11.5. The molecular weight excluding hydrogens is 220 g/mol. The first kappa shape index (κ1) is 11.3. The number of hydrogen-bond acceptors (Lipinski definition) is 3. The fourth-order valence-corrected chi connectivity index (χ4v) is 2.80. The molecule has 2 unspecified atom stereocenters. The largest absolute Gasteiger partial charge is 0.462 e. The van der Waals surface area contributed by atoms with Gasteiger partial charge in [-0.05, 0) is 24.6 Å². The van der Waals surface area contributed by atoms with Crippen LogP contribution in [0.5, 0.6) is 0 Å². The van der Waals surface area contributed by atoms with Gasteiger partial charge in [0.15, 0.2) is 0 Å². The van der Waals surface area contributed by atoms with Gasteiger partial charge in [-0.3, -0.25) is 4.79 Å². The second-order valence-electron chi connectivity index (χ2n) is 3.86. The van der Waals surface area contributed by atoms with Crippen LogP contribution in [0.1, 0.15) is 18.9 Å². The van der Waals surface area contributed by atoms with Gasteiger partial charge in [0.25, 0.3) is 0 Å². The van der Waals surface area contributed by atoms with Crippen LogP contribution in [-0.4, -0.2) is 17.3 Å². The lowest BCUT2D eigenvalue weighted by Crippen LogP contribution is -2.08. The van der Waals surface area contributed by atoms with Gasteiger partial charge >= 0.3 is 5.97 Å². The molecule has 1 heterocycles. The molecule has 1 aliphatic rings. The van der Waals surface area contributed by atoms with Crippen LogP contribution in [0, 0.1) is 0 Å². The highest BCUT2D eigenvalue weighted by Gasteiger charge is 2.32. The van der Waals surface area contributed by atoms with Crippen molar-refractivity contribution < 1.29 is 9.53 Å². The molecule has 0 aromatic heterocycles. The summed E-state index contributed by atoms with van der Waals surface area (Å²) in [6.45, 7) is 5.63. The van der Waals surface area contributed by atoms with Crippen molar-refractivity contribution in [2.24, 2.45) is 0 Å². The van der Waals surface area contributed by atoms with Gasteiger partial charge in [-0.15, -0.1) is 11.8 Å². The van der Waals surface area contributed by atoms with E-state index >= 15 is 0 Å². The number of benzene rings is 1. The van der Waals surface area contributed by atoms with Crippen molar-refractivity contribution in [2.45, 2.75) is 29.6 Å². The van der Waals surface area contributed by atoms with Crippen LogP contribution in [0.4, 0.5) is 0 Å². The molecule has 2 nitrogen and oxygen atoms in total. The lowest BCUT2D eigenvalue weighted by atomic mass is 10.2. The summed E-state index contributed by atoms with van der Waals surface area (Å²) in [7, 11) is 0. The molecule has 0 radical (unpaired) electrons. The predicted molar refractivity (Wildman–Crippen MR) is 66.3 cm³/mol. The zero-order valence-corrected chi connectivity index (χ0v) is 10.00. The number of esters is 1. The Labute approximate surface area is 99.7 Å². The van der Waals surface area contributed by atoms with E-state index in [0.29, 0.717) is 0 Å². The molecule has 1 saturated heterocycles. The minimum atomic E-state index is -0.0923. The van der Waals surface area contributed by atoms with Gasteiger partial charge < -0.3 is 4.74 Å². The SMILES string of the molecule is C=Cc1ccc(SC2CC(C)OC2=O)cc1. The number of hydrogen-bond donors (Lipinski definition) is 0. The number of rotatable bonds is 3. The smallest absolute Gasteiger partial charge is 0.319 e. The van der Waals surface area contributed by atoms with Crippen LogP contribution in [0.25, 0.3) is 6.08 Å². The first-order chi connectivity index (χ1) is 7.69. The fourth-order valence-electron chi connectivity index (χ4n) is 1.66. The van der Waals surface area contributed by atoms with Crippen molar-refractivity contribution in [1.82, 2.24) is 0 Å². The van der Waals surface area contributed by atoms with Gasteiger partial charge in [0.05, 0.1) is 0 Å². The molecule has 0 amide bonds. The maximum Gasteiger partial charge on any atom is 0.319 e. The van der Waals surface area contributed by atoms with Crippen LogP contribution in [-0.2, 0) is 9.53 Å². The van der Waals surface area contributed by atoms with E-state index in [1.54, 1.807) is 17.8 Å². The lowest BCUT2D eigenvalue weighted by Gasteiger charge is -2.05. The molecule has 1 aromatic rings. The monoisotopic (exact) mass is 234 g/mol. The van der Waals surface area contributed by atoms with E-state index in [9.17, 15) is 4.79 Å². The molecule has 0 spiro atoms. The Morgan fingerprint density at radius 1 is 1.44 bits per heavy atom. The first-order valence-corrected chi connectivity index (χ1v) is 6.16. The summed E-state index contributed by atoms with van der Waals surface area (Å²) in [5.74, 6) is -0.0923. The minimum Gasteiger partial charge on any atom is -0.462 e. The van der Waals surface area contributed by atoms with Gasteiger partial charge in [-0.25, -0.2) is 0 Å². The van der Waals surface area contributed by atoms with Gasteiger partial charge in [-0.2, -0.15) is 0 Å². The number of carbonyl (C=O) groups is 1. The Morgan fingerprint density at radius 3 is 2.62 bits per heavy atom. The van der Waals surface area contributed by atoms with E-state index in [1.165, 1.54) is 0 Å².